The van der Waals surface area contributed by atoms with Gasteiger partial charge in [-0.15, -0.1) is 24.8 Å². The van der Waals surface area contributed by atoms with E-state index in [1.165, 1.54) is 0 Å². The van der Waals surface area contributed by atoms with Crippen LogP contribution in [-0.2, 0) is 10.3 Å². The van der Waals surface area contributed by atoms with E-state index in [9.17, 15) is 4.79 Å². The number of benzene rings is 1. The third-order valence-electron chi connectivity index (χ3n) is 4.23. The summed E-state index contributed by atoms with van der Waals surface area (Å²) in [4.78, 5) is 14.7. The number of carbonyl (C=O) groups is 1. The first-order valence-corrected chi connectivity index (χ1v) is 7.31. The molecule has 1 aromatic rings. The number of piperidine rings is 1. The Bertz CT molecular complexity index is 446. The molecule has 1 atom stereocenters. The standard InChI is InChI=1S/C16H25N3O.2ClH/c1-16(17,14-6-4-3-5-7-14)15(20)18-12-13-8-10-19(2)11-9-13;;/h3-7,13H,8-12,17H2,1-2H3,(H,18,20);2*1H. The number of amides is 1. The average molecular weight is 348 g/mol. The van der Waals surface area contributed by atoms with Crippen molar-refractivity contribution in [3.63, 3.8) is 0 Å². The van der Waals surface area contributed by atoms with Crippen molar-refractivity contribution in [1.82, 2.24) is 10.2 Å². The third-order valence-corrected chi connectivity index (χ3v) is 4.23. The van der Waals surface area contributed by atoms with Crippen molar-refractivity contribution in [3.8, 4) is 0 Å². The molecule has 1 heterocycles. The Morgan fingerprint density at radius 3 is 2.36 bits per heavy atom. The molecule has 4 nitrogen and oxygen atoms in total. The van der Waals surface area contributed by atoms with Crippen LogP contribution in [0, 0.1) is 5.92 Å². The van der Waals surface area contributed by atoms with E-state index in [1.807, 2.05) is 30.3 Å². The van der Waals surface area contributed by atoms with E-state index in [-0.39, 0.29) is 30.7 Å². The van der Waals surface area contributed by atoms with Gasteiger partial charge in [-0.2, -0.15) is 0 Å². The van der Waals surface area contributed by atoms with Gasteiger partial charge in [-0.1, -0.05) is 30.3 Å². The fraction of sp³-hybridized carbons (Fsp3) is 0.562. The maximum atomic E-state index is 12.3. The zero-order valence-electron chi connectivity index (χ0n) is 13.2. The number of nitrogens with zero attached hydrogens (tertiary/aromatic N) is 1. The van der Waals surface area contributed by atoms with Crippen molar-refractivity contribution in [1.29, 1.82) is 0 Å². The number of nitrogens with one attached hydrogen (secondary N) is 1. The molecule has 3 N–H and O–H groups in total. The fourth-order valence-corrected chi connectivity index (χ4v) is 2.60. The second kappa shape index (κ2) is 9.36. The van der Waals surface area contributed by atoms with Crippen LogP contribution in [-0.4, -0.2) is 37.5 Å². The minimum Gasteiger partial charge on any atom is -0.354 e. The molecule has 22 heavy (non-hydrogen) atoms. The van der Waals surface area contributed by atoms with E-state index in [0.29, 0.717) is 5.92 Å². The summed E-state index contributed by atoms with van der Waals surface area (Å²) >= 11 is 0. The highest BCUT2D eigenvalue weighted by Gasteiger charge is 2.30. The van der Waals surface area contributed by atoms with Crippen LogP contribution in [0.3, 0.4) is 0 Å². The van der Waals surface area contributed by atoms with Gasteiger partial charge < -0.3 is 16.0 Å². The normalized spacial score (nSPS) is 18.5. The molecule has 0 spiro atoms. The van der Waals surface area contributed by atoms with Gasteiger partial charge in [0.15, 0.2) is 0 Å². The van der Waals surface area contributed by atoms with Crippen molar-refractivity contribution < 1.29 is 4.79 Å². The molecule has 6 heteroatoms. The number of nitrogens with two attached hydrogens (primary N) is 1. The van der Waals surface area contributed by atoms with Gasteiger partial charge in [0.1, 0.15) is 5.54 Å². The number of hydrogen-bond donors (Lipinski definition) is 2. The van der Waals surface area contributed by atoms with E-state index in [0.717, 1.165) is 38.0 Å². The molecule has 1 unspecified atom stereocenters. The van der Waals surface area contributed by atoms with Crippen LogP contribution in [0.1, 0.15) is 25.3 Å². The maximum Gasteiger partial charge on any atom is 0.244 e. The van der Waals surface area contributed by atoms with Crippen molar-refractivity contribution in [3.05, 3.63) is 35.9 Å². The molecular formula is C16H27Cl2N3O. The maximum absolute atomic E-state index is 12.3. The molecule has 1 aliphatic heterocycles. The van der Waals surface area contributed by atoms with Crippen molar-refractivity contribution >= 4 is 30.7 Å². The Hall–Kier alpha value is -0.810. The van der Waals surface area contributed by atoms with Crippen molar-refractivity contribution in [2.24, 2.45) is 11.7 Å². The first-order chi connectivity index (χ1) is 9.50. The van der Waals surface area contributed by atoms with Gasteiger partial charge >= 0.3 is 0 Å². The van der Waals surface area contributed by atoms with E-state index in [1.54, 1.807) is 6.92 Å². The van der Waals surface area contributed by atoms with E-state index in [2.05, 4.69) is 17.3 Å². The third kappa shape index (κ3) is 5.43. The van der Waals surface area contributed by atoms with Crippen LogP contribution < -0.4 is 11.1 Å². The zero-order valence-corrected chi connectivity index (χ0v) is 14.9. The lowest BCUT2D eigenvalue weighted by Gasteiger charge is -2.30. The van der Waals surface area contributed by atoms with Crippen LogP contribution >= 0.6 is 24.8 Å². The molecule has 1 amide bonds. The molecule has 2 rings (SSSR count). The zero-order chi connectivity index (χ0) is 14.6. The summed E-state index contributed by atoms with van der Waals surface area (Å²) < 4.78 is 0. The Morgan fingerprint density at radius 1 is 1.27 bits per heavy atom. The molecule has 0 aliphatic carbocycles. The Balaban J connectivity index is 0.00000220. The lowest BCUT2D eigenvalue weighted by Crippen LogP contribution is -2.50. The summed E-state index contributed by atoms with van der Waals surface area (Å²) in [6, 6.07) is 9.54. The van der Waals surface area contributed by atoms with Crippen molar-refractivity contribution in [2.75, 3.05) is 26.7 Å². The largest absolute Gasteiger partial charge is 0.354 e. The average Bonchev–Trinajstić information content (AvgIpc) is 2.47. The molecule has 0 bridgehead atoms. The summed E-state index contributed by atoms with van der Waals surface area (Å²) in [6.07, 6.45) is 2.28. The first-order valence-electron chi connectivity index (χ1n) is 7.31. The van der Waals surface area contributed by atoms with Crippen LogP contribution in [0.15, 0.2) is 30.3 Å². The Labute approximate surface area is 145 Å². The van der Waals surface area contributed by atoms with Gasteiger partial charge in [0.05, 0.1) is 0 Å². The Morgan fingerprint density at radius 2 is 1.82 bits per heavy atom. The summed E-state index contributed by atoms with van der Waals surface area (Å²) in [6.45, 7) is 4.72. The topological polar surface area (TPSA) is 58.4 Å². The number of halogens is 2. The van der Waals surface area contributed by atoms with Crippen LogP contribution in [0.5, 0.6) is 0 Å². The molecule has 1 fully saturated rings. The Kier molecular flexibility index (Phi) is 9.01. The quantitative estimate of drug-likeness (QED) is 0.877. The monoisotopic (exact) mass is 347 g/mol. The number of rotatable bonds is 4. The van der Waals surface area contributed by atoms with E-state index < -0.39 is 5.54 Å². The number of carbonyl (C=O) groups excluding carboxylic acids is 1. The lowest BCUT2D eigenvalue weighted by atomic mass is 9.91. The number of hydrogen-bond acceptors (Lipinski definition) is 3. The van der Waals surface area contributed by atoms with Gasteiger partial charge in [-0.05, 0) is 51.4 Å². The van der Waals surface area contributed by atoms with Crippen LogP contribution in [0.4, 0.5) is 0 Å². The van der Waals surface area contributed by atoms with Crippen molar-refractivity contribution in [2.45, 2.75) is 25.3 Å². The van der Waals surface area contributed by atoms with Gasteiger partial charge in [-0.3, -0.25) is 4.79 Å². The highest BCUT2D eigenvalue weighted by atomic mass is 35.5. The molecule has 0 aromatic heterocycles. The molecule has 126 valence electrons. The molecule has 1 aliphatic rings. The van der Waals surface area contributed by atoms with E-state index >= 15 is 0 Å². The first kappa shape index (κ1) is 21.2. The smallest absolute Gasteiger partial charge is 0.244 e. The highest BCUT2D eigenvalue weighted by molar-refractivity contribution is 5.87. The predicted octanol–water partition coefficient (Wildman–Crippen LogP) is 2.16. The highest BCUT2D eigenvalue weighted by Crippen LogP contribution is 2.19. The van der Waals surface area contributed by atoms with Gasteiger partial charge in [-0.25, -0.2) is 0 Å². The molecule has 1 aromatic carbocycles. The summed E-state index contributed by atoms with van der Waals surface area (Å²) in [5.41, 5.74) is 6.08. The second-order valence-electron chi connectivity index (χ2n) is 6.03. The summed E-state index contributed by atoms with van der Waals surface area (Å²) in [5.74, 6) is 0.476. The summed E-state index contributed by atoms with van der Waals surface area (Å²) in [5, 5.41) is 3.02. The molecule has 0 saturated carbocycles. The van der Waals surface area contributed by atoms with Crippen LogP contribution in [0.2, 0.25) is 0 Å². The predicted molar refractivity (Wildman–Crippen MR) is 95.7 cm³/mol. The van der Waals surface area contributed by atoms with Crippen LogP contribution in [0.25, 0.3) is 0 Å². The lowest BCUT2D eigenvalue weighted by molar-refractivity contribution is -0.126. The minimum atomic E-state index is -0.966. The summed E-state index contributed by atoms with van der Waals surface area (Å²) in [7, 11) is 2.14. The second-order valence-corrected chi connectivity index (χ2v) is 6.03. The van der Waals surface area contributed by atoms with Gasteiger partial charge in [0, 0.05) is 6.54 Å². The van der Waals surface area contributed by atoms with E-state index in [4.69, 9.17) is 5.73 Å². The minimum absolute atomic E-state index is 0. The SMILES string of the molecule is CN1CCC(CNC(=O)C(C)(N)c2ccccc2)CC1.Cl.Cl. The van der Waals surface area contributed by atoms with Gasteiger partial charge in [0.25, 0.3) is 0 Å². The molecule has 0 radical (unpaired) electrons. The van der Waals surface area contributed by atoms with Gasteiger partial charge in [0.2, 0.25) is 5.91 Å². The fourth-order valence-electron chi connectivity index (χ4n) is 2.60. The molecule has 1 saturated heterocycles. The number of likely N-dealkylation sites (tertiary alicyclic amines) is 1. The molecular weight excluding hydrogens is 321 g/mol.